The van der Waals surface area contributed by atoms with Crippen molar-refractivity contribution in [3.8, 4) is 27.7 Å². The molecule has 40 heavy (non-hydrogen) atoms. The van der Waals surface area contributed by atoms with Crippen molar-refractivity contribution in [1.29, 1.82) is 0 Å². The molecule has 0 atom stereocenters. The smallest absolute Gasteiger partial charge is 0.246 e. The highest BCUT2D eigenvalue weighted by Crippen LogP contribution is 2.41. The normalized spacial score (nSPS) is 13.7. The summed E-state index contributed by atoms with van der Waals surface area (Å²) in [5.41, 5.74) is 1.91. The fourth-order valence-corrected chi connectivity index (χ4v) is 6.02. The van der Waals surface area contributed by atoms with Crippen molar-refractivity contribution in [2.45, 2.75) is 19.3 Å². The molecule has 0 bridgehead atoms. The standard InChI is InChI=1S/C32H32N2O5S/c35-24-10-6-23(7-11-24)32-30(27-15-12-25(36)21-28(27)40-32)31(38)22-8-13-26(14-9-22)39-20-17-33-16-4-5-29(37)34-18-2-1-3-19-34/h4-15,21,33,35-36H,1-3,16-20H2/b5-4+. The first kappa shape index (κ1) is 27.4. The number of thiophene rings is 1. The Morgan fingerprint density at radius 1 is 0.925 bits per heavy atom. The number of hydrogen-bond donors (Lipinski definition) is 3. The van der Waals surface area contributed by atoms with E-state index in [9.17, 15) is 19.8 Å². The lowest BCUT2D eigenvalue weighted by atomic mass is 9.97. The van der Waals surface area contributed by atoms with Crippen LogP contribution in [-0.4, -0.2) is 59.6 Å². The number of hydrogen-bond acceptors (Lipinski definition) is 7. The van der Waals surface area contributed by atoms with Crippen molar-refractivity contribution in [2.75, 3.05) is 32.8 Å². The quantitative estimate of drug-likeness (QED) is 0.131. The van der Waals surface area contributed by atoms with Gasteiger partial charge in [-0.1, -0.05) is 6.08 Å². The summed E-state index contributed by atoms with van der Waals surface area (Å²) >= 11 is 1.43. The van der Waals surface area contributed by atoms with Gasteiger partial charge in [0.05, 0.1) is 0 Å². The molecule has 0 radical (unpaired) electrons. The van der Waals surface area contributed by atoms with E-state index in [1.54, 1.807) is 72.8 Å². The molecule has 1 aliphatic heterocycles. The Labute approximate surface area is 237 Å². The first-order valence-electron chi connectivity index (χ1n) is 13.5. The molecule has 0 saturated carbocycles. The van der Waals surface area contributed by atoms with Crippen molar-refractivity contribution in [3.63, 3.8) is 0 Å². The summed E-state index contributed by atoms with van der Waals surface area (Å²) < 4.78 is 6.63. The SMILES string of the molecule is O=C(c1ccc(OCCNC/C=C/C(=O)N2CCCCC2)cc1)c1c(-c2ccc(O)cc2)sc2cc(O)ccc12. The first-order chi connectivity index (χ1) is 19.5. The zero-order valence-electron chi connectivity index (χ0n) is 22.1. The summed E-state index contributed by atoms with van der Waals surface area (Å²) in [6.45, 7) is 3.36. The highest BCUT2D eigenvalue weighted by atomic mass is 32.1. The van der Waals surface area contributed by atoms with Crippen LogP contribution in [0, 0.1) is 0 Å². The second kappa shape index (κ2) is 12.8. The van der Waals surface area contributed by atoms with E-state index in [-0.39, 0.29) is 23.2 Å². The van der Waals surface area contributed by atoms with Crippen molar-refractivity contribution in [3.05, 3.63) is 90.0 Å². The van der Waals surface area contributed by atoms with Crippen molar-refractivity contribution < 1.29 is 24.5 Å². The van der Waals surface area contributed by atoms with Crippen LogP contribution in [0.15, 0.2) is 78.9 Å². The molecule has 1 amide bonds. The van der Waals surface area contributed by atoms with Crippen LogP contribution in [0.5, 0.6) is 17.2 Å². The number of carbonyl (C=O) groups excluding carboxylic acids is 2. The van der Waals surface area contributed by atoms with Crippen LogP contribution >= 0.6 is 11.3 Å². The molecule has 5 rings (SSSR count). The number of amides is 1. The summed E-state index contributed by atoms with van der Waals surface area (Å²) in [5.74, 6) is 0.909. The third-order valence-electron chi connectivity index (χ3n) is 6.88. The minimum atomic E-state index is -0.126. The number of carbonyl (C=O) groups is 2. The molecule has 1 fully saturated rings. The van der Waals surface area contributed by atoms with Crippen molar-refractivity contribution in [1.82, 2.24) is 10.2 Å². The van der Waals surface area contributed by atoms with E-state index < -0.39 is 0 Å². The van der Waals surface area contributed by atoms with Gasteiger partial charge in [0.1, 0.15) is 23.9 Å². The molecule has 206 valence electrons. The van der Waals surface area contributed by atoms with E-state index in [4.69, 9.17) is 4.74 Å². The van der Waals surface area contributed by atoms with Gasteiger partial charge >= 0.3 is 0 Å². The maximum Gasteiger partial charge on any atom is 0.246 e. The van der Waals surface area contributed by atoms with Crippen LogP contribution in [-0.2, 0) is 4.79 Å². The van der Waals surface area contributed by atoms with Gasteiger partial charge in [-0.05, 0) is 91.6 Å². The molecule has 0 spiro atoms. The molecule has 3 aromatic carbocycles. The van der Waals surface area contributed by atoms with Crippen LogP contribution in [0.4, 0.5) is 0 Å². The molecule has 8 heteroatoms. The van der Waals surface area contributed by atoms with E-state index in [1.165, 1.54) is 17.8 Å². The third kappa shape index (κ3) is 6.52. The zero-order chi connectivity index (χ0) is 27.9. The lowest BCUT2D eigenvalue weighted by Crippen LogP contribution is -2.34. The summed E-state index contributed by atoms with van der Waals surface area (Å²) in [6.07, 6.45) is 6.86. The Hall–Kier alpha value is -4.14. The van der Waals surface area contributed by atoms with E-state index in [1.807, 2.05) is 11.0 Å². The number of ketones is 1. The molecule has 0 unspecified atom stereocenters. The van der Waals surface area contributed by atoms with E-state index in [0.29, 0.717) is 36.6 Å². The molecule has 1 saturated heterocycles. The molecule has 7 nitrogen and oxygen atoms in total. The van der Waals surface area contributed by atoms with Gasteiger partial charge in [-0.2, -0.15) is 0 Å². The molecular formula is C32H32N2O5S. The maximum absolute atomic E-state index is 13.7. The molecule has 3 N–H and O–H groups in total. The van der Waals surface area contributed by atoms with Gasteiger partial charge in [0.2, 0.25) is 5.91 Å². The number of nitrogens with one attached hydrogen (secondary N) is 1. The number of rotatable bonds is 10. The molecule has 1 aliphatic rings. The Morgan fingerprint density at radius 3 is 2.40 bits per heavy atom. The zero-order valence-corrected chi connectivity index (χ0v) is 23.0. The Morgan fingerprint density at radius 2 is 1.65 bits per heavy atom. The fourth-order valence-electron chi connectivity index (χ4n) is 4.78. The molecular weight excluding hydrogens is 524 g/mol. The number of benzene rings is 3. The van der Waals surface area contributed by atoms with Gasteiger partial charge in [0, 0.05) is 58.3 Å². The number of nitrogens with zero attached hydrogens (tertiary/aromatic N) is 1. The van der Waals surface area contributed by atoms with Gasteiger partial charge in [0.15, 0.2) is 5.78 Å². The van der Waals surface area contributed by atoms with E-state index in [0.717, 1.165) is 46.5 Å². The minimum Gasteiger partial charge on any atom is -0.508 e. The predicted molar refractivity (Wildman–Crippen MR) is 158 cm³/mol. The summed E-state index contributed by atoms with van der Waals surface area (Å²) in [5, 5.41) is 23.7. The topological polar surface area (TPSA) is 99.1 Å². The number of likely N-dealkylation sites (tertiary alicyclic amines) is 1. The van der Waals surface area contributed by atoms with E-state index in [2.05, 4.69) is 5.32 Å². The summed E-state index contributed by atoms with van der Waals surface area (Å²) in [7, 11) is 0. The van der Waals surface area contributed by atoms with Crippen LogP contribution in [0.2, 0.25) is 0 Å². The average Bonchev–Trinajstić information content (AvgIpc) is 3.35. The van der Waals surface area contributed by atoms with Crippen molar-refractivity contribution >= 4 is 33.1 Å². The van der Waals surface area contributed by atoms with Gasteiger partial charge in [-0.3, -0.25) is 9.59 Å². The fraction of sp³-hybridized carbons (Fsp3) is 0.250. The van der Waals surface area contributed by atoms with Crippen LogP contribution < -0.4 is 10.1 Å². The van der Waals surface area contributed by atoms with Crippen LogP contribution in [0.25, 0.3) is 20.5 Å². The largest absolute Gasteiger partial charge is 0.508 e. The highest BCUT2D eigenvalue weighted by molar-refractivity contribution is 7.22. The Bertz CT molecular complexity index is 1500. The number of fused-ring (bicyclic) bond motifs is 1. The molecule has 2 heterocycles. The van der Waals surface area contributed by atoms with Gasteiger partial charge in [-0.25, -0.2) is 0 Å². The minimum absolute atomic E-state index is 0.0798. The molecule has 0 aliphatic carbocycles. The molecule has 4 aromatic rings. The maximum atomic E-state index is 13.7. The monoisotopic (exact) mass is 556 g/mol. The number of phenols is 2. The average molecular weight is 557 g/mol. The predicted octanol–water partition coefficient (Wildman–Crippen LogP) is 5.75. The van der Waals surface area contributed by atoms with Gasteiger partial charge < -0.3 is 25.2 Å². The number of phenolic OH excluding ortho intramolecular Hbond substituents is 2. The summed E-state index contributed by atoms with van der Waals surface area (Å²) in [4.78, 5) is 28.5. The second-order valence-electron chi connectivity index (χ2n) is 9.73. The highest BCUT2D eigenvalue weighted by Gasteiger charge is 2.22. The lowest BCUT2D eigenvalue weighted by Gasteiger charge is -2.25. The third-order valence-corrected chi connectivity index (χ3v) is 8.09. The second-order valence-corrected chi connectivity index (χ2v) is 10.8. The van der Waals surface area contributed by atoms with E-state index >= 15 is 0 Å². The van der Waals surface area contributed by atoms with Gasteiger partial charge in [0.25, 0.3) is 0 Å². The number of ether oxygens (including phenoxy) is 1. The lowest BCUT2D eigenvalue weighted by molar-refractivity contribution is -0.126. The van der Waals surface area contributed by atoms with Crippen LogP contribution in [0.3, 0.4) is 0 Å². The number of piperidine rings is 1. The Balaban J connectivity index is 1.19. The van der Waals surface area contributed by atoms with Gasteiger partial charge in [-0.15, -0.1) is 11.3 Å². The van der Waals surface area contributed by atoms with Crippen LogP contribution in [0.1, 0.15) is 35.2 Å². The number of aromatic hydroxyl groups is 2. The Kier molecular flexibility index (Phi) is 8.78. The molecule has 1 aromatic heterocycles. The summed E-state index contributed by atoms with van der Waals surface area (Å²) in [6, 6.07) is 18.8. The first-order valence-corrected chi connectivity index (χ1v) is 14.3. The van der Waals surface area contributed by atoms with Crippen molar-refractivity contribution in [2.24, 2.45) is 0 Å².